The van der Waals surface area contributed by atoms with Crippen LogP contribution in [0.15, 0.2) is 23.6 Å². The average Bonchev–Trinajstić information content (AvgIpc) is 3.27. The van der Waals surface area contributed by atoms with E-state index in [1.54, 1.807) is 5.38 Å². The third-order valence-corrected chi connectivity index (χ3v) is 5.76. The first-order valence-corrected chi connectivity index (χ1v) is 8.98. The maximum Gasteiger partial charge on any atom is 0.307 e. The molecule has 2 bridgehead atoms. The van der Waals surface area contributed by atoms with E-state index in [1.807, 2.05) is 18.2 Å². The Hall–Kier alpha value is -2.15. The van der Waals surface area contributed by atoms with E-state index in [1.165, 1.54) is 11.3 Å². The largest absolute Gasteiger partial charge is 0.481 e. The third kappa shape index (κ3) is 3.08. The van der Waals surface area contributed by atoms with Gasteiger partial charge in [0, 0.05) is 10.3 Å². The minimum absolute atomic E-state index is 0.0645. The molecule has 128 valence electrons. The summed E-state index contributed by atoms with van der Waals surface area (Å²) < 4.78 is 0. The standard InChI is InChI=1S/C17H20N2O4S/c1-2-3-12-7-11(8-24-12)15(20)18-19-16(21)13-9-4-5-10(6-9)14(13)17(22)23/h4-5,7-10,13-14H,2-3,6H2,1H3,(H,18,20)(H,19,21)(H,22,23)/t9-,10+,13+,14+/m1/s1. The van der Waals surface area contributed by atoms with Gasteiger partial charge in [0.05, 0.1) is 17.4 Å². The van der Waals surface area contributed by atoms with Crippen molar-refractivity contribution in [1.29, 1.82) is 0 Å². The maximum absolute atomic E-state index is 12.4. The van der Waals surface area contributed by atoms with E-state index < -0.39 is 23.7 Å². The lowest BCUT2D eigenvalue weighted by Gasteiger charge is -2.23. The summed E-state index contributed by atoms with van der Waals surface area (Å²) in [4.78, 5) is 37.0. The predicted molar refractivity (Wildman–Crippen MR) is 89.3 cm³/mol. The van der Waals surface area contributed by atoms with Gasteiger partial charge in [0.2, 0.25) is 5.91 Å². The lowest BCUT2D eigenvalue weighted by Crippen LogP contribution is -2.48. The second-order valence-corrected chi connectivity index (χ2v) is 7.33. The molecule has 1 aromatic heterocycles. The first-order valence-electron chi connectivity index (χ1n) is 8.10. The van der Waals surface area contributed by atoms with Gasteiger partial charge in [-0.25, -0.2) is 0 Å². The second kappa shape index (κ2) is 6.76. The van der Waals surface area contributed by atoms with Crippen LogP contribution in [0, 0.1) is 23.7 Å². The Morgan fingerprint density at radius 2 is 1.92 bits per heavy atom. The van der Waals surface area contributed by atoms with Crippen LogP contribution < -0.4 is 10.9 Å². The molecular formula is C17H20N2O4S. The van der Waals surface area contributed by atoms with Crippen LogP contribution in [-0.4, -0.2) is 22.9 Å². The number of nitrogens with one attached hydrogen (secondary N) is 2. The molecule has 7 heteroatoms. The lowest BCUT2D eigenvalue weighted by atomic mass is 9.82. The molecule has 3 rings (SSSR count). The summed E-state index contributed by atoms with van der Waals surface area (Å²) in [6, 6.07) is 1.82. The Kier molecular flexibility index (Phi) is 4.71. The molecule has 1 aromatic rings. The first-order chi connectivity index (χ1) is 11.5. The van der Waals surface area contributed by atoms with Crippen molar-refractivity contribution < 1.29 is 19.5 Å². The van der Waals surface area contributed by atoms with Gasteiger partial charge >= 0.3 is 5.97 Å². The fourth-order valence-corrected chi connectivity index (χ4v) is 4.64. The summed E-state index contributed by atoms with van der Waals surface area (Å²) in [5.74, 6) is -3.27. The van der Waals surface area contributed by atoms with E-state index in [4.69, 9.17) is 0 Å². The highest BCUT2D eigenvalue weighted by molar-refractivity contribution is 7.10. The number of carboxylic acids is 1. The zero-order valence-corrected chi connectivity index (χ0v) is 14.1. The summed E-state index contributed by atoms with van der Waals surface area (Å²) >= 11 is 1.52. The van der Waals surface area contributed by atoms with Gasteiger partial charge in [0.25, 0.3) is 5.91 Å². The molecule has 1 saturated carbocycles. The molecule has 0 aliphatic heterocycles. The van der Waals surface area contributed by atoms with Gasteiger partial charge in [-0.2, -0.15) is 0 Å². The van der Waals surface area contributed by atoms with Gasteiger partial charge in [0.1, 0.15) is 0 Å². The number of hydrogen-bond donors (Lipinski definition) is 3. The second-order valence-electron chi connectivity index (χ2n) is 6.33. The Morgan fingerprint density at radius 3 is 2.58 bits per heavy atom. The quantitative estimate of drug-likeness (QED) is 0.560. The monoisotopic (exact) mass is 348 g/mol. The molecule has 1 heterocycles. The summed E-state index contributed by atoms with van der Waals surface area (Å²) in [5, 5.41) is 11.1. The van der Waals surface area contributed by atoms with Crippen molar-refractivity contribution in [3.8, 4) is 0 Å². The van der Waals surface area contributed by atoms with E-state index in [-0.39, 0.29) is 17.7 Å². The molecule has 0 unspecified atom stereocenters. The number of aliphatic carboxylic acids is 1. The van der Waals surface area contributed by atoms with Crippen LogP contribution in [0.5, 0.6) is 0 Å². The van der Waals surface area contributed by atoms with Gasteiger partial charge in [-0.05, 0) is 30.7 Å². The highest BCUT2D eigenvalue weighted by atomic mass is 32.1. The molecule has 3 N–H and O–H groups in total. The highest BCUT2D eigenvalue weighted by Gasteiger charge is 2.51. The summed E-state index contributed by atoms with van der Waals surface area (Å²) in [6.07, 6.45) is 6.40. The van der Waals surface area contributed by atoms with Crippen molar-refractivity contribution >= 4 is 29.1 Å². The van der Waals surface area contributed by atoms with E-state index in [0.717, 1.165) is 17.7 Å². The first kappa shape index (κ1) is 16.7. The number of hydrazine groups is 1. The van der Waals surface area contributed by atoms with Crippen molar-refractivity contribution in [2.45, 2.75) is 26.2 Å². The highest BCUT2D eigenvalue weighted by Crippen LogP contribution is 2.48. The van der Waals surface area contributed by atoms with Crippen LogP contribution in [0.25, 0.3) is 0 Å². The van der Waals surface area contributed by atoms with Gasteiger partial charge in [-0.15, -0.1) is 11.3 Å². The number of thiophene rings is 1. The number of carbonyl (C=O) groups excluding carboxylic acids is 2. The minimum Gasteiger partial charge on any atom is -0.481 e. The predicted octanol–water partition coefficient (Wildman–Crippen LogP) is 1.98. The van der Waals surface area contributed by atoms with E-state index >= 15 is 0 Å². The third-order valence-electron chi connectivity index (χ3n) is 4.76. The van der Waals surface area contributed by atoms with E-state index in [0.29, 0.717) is 12.0 Å². The van der Waals surface area contributed by atoms with Gasteiger partial charge in [-0.3, -0.25) is 25.2 Å². The molecular weight excluding hydrogens is 328 g/mol. The number of aryl methyl sites for hydroxylation is 1. The number of allylic oxidation sites excluding steroid dienone is 2. The van der Waals surface area contributed by atoms with Crippen LogP contribution in [0.1, 0.15) is 35.0 Å². The Balaban J connectivity index is 1.59. The summed E-state index contributed by atoms with van der Waals surface area (Å²) in [7, 11) is 0. The summed E-state index contributed by atoms with van der Waals surface area (Å²) in [5.41, 5.74) is 5.31. The maximum atomic E-state index is 12.4. The van der Waals surface area contributed by atoms with Crippen LogP contribution >= 0.6 is 11.3 Å². The van der Waals surface area contributed by atoms with Crippen molar-refractivity contribution in [3.63, 3.8) is 0 Å². The smallest absolute Gasteiger partial charge is 0.307 e. The topological polar surface area (TPSA) is 95.5 Å². The fraction of sp³-hybridized carbons (Fsp3) is 0.471. The zero-order valence-electron chi connectivity index (χ0n) is 13.3. The molecule has 1 fully saturated rings. The number of hydrogen-bond acceptors (Lipinski definition) is 4. The zero-order chi connectivity index (χ0) is 17.3. The van der Waals surface area contributed by atoms with E-state index in [2.05, 4.69) is 17.8 Å². The SMILES string of the molecule is CCCc1cc(C(=O)NNC(=O)[C@@H]2[C@@H](C(=O)O)[C@H]3C=C[C@@H]2C3)cs1. The minimum atomic E-state index is -0.958. The molecule has 24 heavy (non-hydrogen) atoms. The number of carbonyl (C=O) groups is 3. The Labute approximate surface area is 143 Å². The molecule has 2 amide bonds. The molecule has 0 saturated heterocycles. The lowest BCUT2D eigenvalue weighted by molar-refractivity contribution is -0.148. The van der Waals surface area contributed by atoms with Gasteiger partial charge < -0.3 is 5.11 Å². The normalized spacial score (nSPS) is 27.2. The Morgan fingerprint density at radius 1 is 1.21 bits per heavy atom. The molecule has 0 spiro atoms. The fourth-order valence-electron chi connectivity index (χ4n) is 3.67. The number of rotatable bonds is 5. The van der Waals surface area contributed by atoms with Crippen LogP contribution in [0.3, 0.4) is 0 Å². The van der Waals surface area contributed by atoms with Crippen molar-refractivity contribution in [1.82, 2.24) is 10.9 Å². The Bertz CT molecular complexity index is 697. The number of fused-ring (bicyclic) bond motifs is 2. The molecule has 6 nitrogen and oxygen atoms in total. The number of carboxylic acid groups (broad SMARTS) is 1. The molecule has 2 aliphatic carbocycles. The van der Waals surface area contributed by atoms with Crippen LogP contribution in [0.2, 0.25) is 0 Å². The van der Waals surface area contributed by atoms with Crippen molar-refractivity contribution in [3.05, 3.63) is 34.0 Å². The van der Waals surface area contributed by atoms with Gasteiger partial charge in [-0.1, -0.05) is 25.5 Å². The van der Waals surface area contributed by atoms with Crippen LogP contribution in [-0.2, 0) is 16.0 Å². The molecule has 2 aliphatic rings. The van der Waals surface area contributed by atoms with Gasteiger partial charge in [0.15, 0.2) is 0 Å². The van der Waals surface area contributed by atoms with Crippen molar-refractivity contribution in [2.75, 3.05) is 0 Å². The van der Waals surface area contributed by atoms with Crippen molar-refractivity contribution in [2.24, 2.45) is 23.7 Å². The average molecular weight is 348 g/mol. The molecule has 0 aromatic carbocycles. The molecule has 4 atom stereocenters. The van der Waals surface area contributed by atoms with Crippen LogP contribution in [0.4, 0.5) is 0 Å². The number of amides is 2. The molecule has 0 radical (unpaired) electrons. The van der Waals surface area contributed by atoms with E-state index in [9.17, 15) is 19.5 Å². The summed E-state index contributed by atoms with van der Waals surface area (Å²) in [6.45, 7) is 2.07.